The SMILES string of the molecule is CCNC(C#N)Cn1nccc1C. The van der Waals surface area contributed by atoms with Crippen LogP contribution in [0.3, 0.4) is 0 Å². The molecule has 0 bridgehead atoms. The van der Waals surface area contributed by atoms with Crippen molar-refractivity contribution in [3.8, 4) is 6.07 Å². The van der Waals surface area contributed by atoms with Crippen molar-refractivity contribution in [1.29, 1.82) is 5.26 Å². The molecule has 4 heteroatoms. The molecule has 1 aromatic heterocycles. The molecule has 0 saturated carbocycles. The van der Waals surface area contributed by atoms with E-state index in [9.17, 15) is 0 Å². The molecule has 1 heterocycles. The van der Waals surface area contributed by atoms with Gasteiger partial charge in [-0.05, 0) is 19.5 Å². The fourth-order valence-corrected chi connectivity index (χ4v) is 1.16. The number of nitriles is 1. The molecule has 1 N–H and O–H groups in total. The monoisotopic (exact) mass is 178 g/mol. The van der Waals surface area contributed by atoms with Crippen LogP contribution in [-0.4, -0.2) is 22.4 Å². The van der Waals surface area contributed by atoms with Crippen molar-refractivity contribution < 1.29 is 0 Å². The van der Waals surface area contributed by atoms with Crippen molar-refractivity contribution in [3.63, 3.8) is 0 Å². The van der Waals surface area contributed by atoms with Gasteiger partial charge in [0.1, 0.15) is 6.04 Å². The molecule has 1 aromatic rings. The Bertz CT molecular complexity index is 297. The maximum atomic E-state index is 8.79. The van der Waals surface area contributed by atoms with E-state index in [0.717, 1.165) is 12.2 Å². The van der Waals surface area contributed by atoms with Crippen LogP contribution in [0, 0.1) is 18.3 Å². The normalized spacial score (nSPS) is 12.4. The van der Waals surface area contributed by atoms with E-state index in [1.807, 2.05) is 24.6 Å². The minimum absolute atomic E-state index is 0.149. The predicted octanol–water partition coefficient (Wildman–Crippen LogP) is 0.693. The van der Waals surface area contributed by atoms with Crippen molar-refractivity contribution >= 4 is 0 Å². The van der Waals surface area contributed by atoms with Crippen molar-refractivity contribution in [3.05, 3.63) is 18.0 Å². The molecule has 1 unspecified atom stereocenters. The van der Waals surface area contributed by atoms with Crippen LogP contribution >= 0.6 is 0 Å². The predicted molar refractivity (Wildman–Crippen MR) is 50.0 cm³/mol. The summed E-state index contributed by atoms with van der Waals surface area (Å²) in [6, 6.07) is 3.98. The molecule has 0 spiro atoms. The maximum absolute atomic E-state index is 8.79. The molecule has 0 saturated heterocycles. The number of hydrogen-bond donors (Lipinski definition) is 1. The van der Waals surface area contributed by atoms with Gasteiger partial charge in [-0.25, -0.2) is 0 Å². The summed E-state index contributed by atoms with van der Waals surface area (Å²) in [6.07, 6.45) is 1.75. The second-order valence-electron chi connectivity index (χ2n) is 2.89. The molecular weight excluding hydrogens is 164 g/mol. The van der Waals surface area contributed by atoms with E-state index in [2.05, 4.69) is 16.5 Å². The van der Waals surface area contributed by atoms with Crippen molar-refractivity contribution in [1.82, 2.24) is 15.1 Å². The summed E-state index contributed by atoms with van der Waals surface area (Å²) in [7, 11) is 0. The molecular formula is C9H14N4. The van der Waals surface area contributed by atoms with E-state index in [4.69, 9.17) is 5.26 Å². The topological polar surface area (TPSA) is 53.6 Å². The molecule has 0 radical (unpaired) electrons. The lowest BCUT2D eigenvalue weighted by Crippen LogP contribution is -2.32. The minimum atomic E-state index is -0.149. The number of aryl methyl sites for hydroxylation is 1. The Balaban J connectivity index is 2.57. The summed E-state index contributed by atoms with van der Waals surface area (Å²) in [6.45, 7) is 5.38. The zero-order valence-electron chi connectivity index (χ0n) is 7.99. The van der Waals surface area contributed by atoms with E-state index in [-0.39, 0.29) is 6.04 Å². The van der Waals surface area contributed by atoms with Crippen molar-refractivity contribution in [2.24, 2.45) is 0 Å². The van der Waals surface area contributed by atoms with Gasteiger partial charge in [0, 0.05) is 11.9 Å². The fourth-order valence-electron chi connectivity index (χ4n) is 1.16. The summed E-state index contributed by atoms with van der Waals surface area (Å²) in [4.78, 5) is 0. The highest BCUT2D eigenvalue weighted by Gasteiger charge is 2.07. The zero-order chi connectivity index (χ0) is 9.68. The van der Waals surface area contributed by atoms with Gasteiger partial charge in [-0.2, -0.15) is 10.4 Å². The Hall–Kier alpha value is -1.34. The van der Waals surface area contributed by atoms with Gasteiger partial charge >= 0.3 is 0 Å². The number of likely N-dealkylation sites (N-methyl/N-ethyl adjacent to an activating group) is 1. The lowest BCUT2D eigenvalue weighted by Gasteiger charge is -2.10. The van der Waals surface area contributed by atoms with Crippen molar-refractivity contribution in [2.45, 2.75) is 26.4 Å². The average Bonchev–Trinajstić information content (AvgIpc) is 2.51. The minimum Gasteiger partial charge on any atom is -0.301 e. The highest BCUT2D eigenvalue weighted by Crippen LogP contribution is 1.97. The van der Waals surface area contributed by atoms with Crippen LogP contribution < -0.4 is 5.32 Å². The third-order valence-corrected chi connectivity index (χ3v) is 1.89. The Morgan fingerprint density at radius 2 is 2.54 bits per heavy atom. The zero-order valence-corrected chi connectivity index (χ0v) is 7.99. The first-order chi connectivity index (χ1) is 6.27. The molecule has 4 nitrogen and oxygen atoms in total. The molecule has 0 aliphatic rings. The van der Waals surface area contributed by atoms with Gasteiger partial charge in [0.05, 0.1) is 12.6 Å². The number of rotatable bonds is 4. The van der Waals surface area contributed by atoms with E-state index in [0.29, 0.717) is 6.54 Å². The molecule has 1 atom stereocenters. The number of nitrogens with one attached hydrogen (secondary N) is 1. The van der Waals surface area contributed by atoms with Crippen LogP contribution in [0.2, 0.25) is 0 Å². The van der Waals surface area contributed by atoms with Crippen molar-refractivity contribution in [2.75, 3.05) is 6.54 Å². The molecule has 0 amide bonds. The van der Waals surface area contributed by atoms with Crippen LogP contribution in [0.25, 0.3) is 0 Å². The molecule has 13 heavy (non-hydrogen) atoms. The summed E-state index contributed by atoms with van der Waals surface area (Å²) in [5.74, 6) is 0. The number of nitrogens with zero attached hydrogens (tertiary/aromatic N) is 3. The first kappa shape index (κ1) is 9.75. The fraction of sp³-hybridized carbons (Fsp3) is 0.556. The summed E-state index contributed by atoms with van der Waals surface area (Å²) in [5, 5.41) is 16.0. The average molecular weight is 178 g/mol. The third-order valence-electron chi connectivity index (χ3n) is 1.89. The smallest absolute Gasteiger partial charge is 0.115 e. The van der Waals surface area contributed by atoms with Crippen LogP contribution in [0.5, 0.6) is 0 Å². The lowest BCUT2D eigenvalue weighted by molar-refractivity contribution is 0.493. The van der Waals surface area contributed by atoms with Gasteiger partial charge in [0.15, 0.2) is 0 Å². The molecule has 0 aromatic carbocycles. The largest absolute Gasteiger partial charge is 0.301 e. The van der Waals surface area contributed by atoms with Gasteiger partial charge in [-0.1, -0.05) is 6.92 Å². The van der Waals surface area contributed by atoms with E-state index in [1.54, 1.807) is 6.20 Å². The molecule has 0 aliphatic carbocycles. The van der Waals surface area contributed by atoms with Crippen LogP contribution in [0.1, 0.15) is 12.6 Å². The maximum Gasteiger partial charge on any atom is 0.115 e. The van der Waals surface area contributed by atoms with Gasteiger partial charge in [-0.3, -0.25) is 4.68 Å². The van der Waals surface area contributed by atoms with Gasteiger partial charge in [-0.15, -0.1) is 0 Å². The van der Waals surface area contributed by atoms with Gasteiger partial charge in [0.25, 0.3) is 0 Å². The Morgan fingerprint density at radius 3 is 3.00 bits per heavy atom. The van der Waals surface area contributed by atoms with Crippen LogP contribution in [0.15, 0.2) is 12.3 Å². The van der Waals surface area contributed by atoms with Crippen LogP contribution in [-0.2, 0) is 6.54 Å². The Morgan fingerprint density at radius 1 is 1.77 bits per heavy atom. The second kappa shape index (κ2) is 4.63. The first-order valence-electron chi connectivity index (χ1n) is 4.39. The first-order valence-corrected chi connectivity index (χ1v) is 4.39. The Kier molecular flexibility index (Phi) is 3.47. The molecule has 1 rings (SSSR count). The van der Waals surface area contributed by atoms with E-state index >= 15 is 0 Å². The number of aromatic nitrogens is 2. The highest BCUT2D eigenvalue weighted by molar-refractivity contribution is 4.99. The summed E-state index contributed by atoms with van der Waals surface area (Å²) in [5.41, 5.74) is 1.08. The molecule has 70 valence electrons. The third kappa shape index (κ3) is 2.56. The van der Waals surface area contributed by atoms with E-state index in [1.165, 1.54) is 0 Å². The molecule has 0 fully saturated rings. The lowest BCUT2D eigenvalue weighted by atomic mass is 10.3. The molecule has 0 aliphatic heterocycles. The Labute approximate surface area is 78.2 Å². The van der Waals surface area contributed by atoms with Crippen LogP contribution in [0.4, 0.5) is 0 Å². The second-order valence-corrected chi connectivity index (χ2v) is 2.89. The standard InChI is InChI=1S/C9H14N4/c1-3-11-9(6-10)7-13-8(2)4-5-12-13/h4-5,9,11H,3,7H2,1-2H3. The number of hydrogen-bond acceptors (Lipinski definition) is 3. The van der Waals surface area contributed by atoms with Gasteiger partial charge < -0.3 is 5.32 Å². The van der Waals surface area contributed by atoms with E-state index < -0.39 is 0 Å². The summed E-state index contributed by atoms with van der Waals surface area (Å²) < 4.78 is 1.83. The summed E-state index contributed by atoms with van der Waals surface area (Å²) >= 11 is 0. The quantitative estimate of drug-likeness (QED) is 0.738. The highest BCUT2D eigenvalue weighted by atomic mass is 15.3. The van der Waals surface area contributed by atoms with Gasteiger partial charge in [0.2, 0.25) is 0 Å².